The highest BCUT2D eigenvalue weighted by atomic mass is 15.0. The normalized spacial score (nSPS) is 9.17. The van der Waals surface area contributed by atoms with E-state index in [1.807, 2.05) is 17.7 Å². The molecule has 0 radical (unpaired) electrons. The van der Waals surface area contributed by atoms with Crippen molar-refractivity contribution in [2.24, 2.45) is 5.73 Å². The van der Waals surface area contributed by atoms with Crippen molar-refractivity contribution in [1.29, 1.82) is 0 Å². The molecule has 64 valence electrons. The van der Waals surface area contributed by atoms with Gasteiger partial charge in [0.15, 0.2) is 0 Å². The molecule has 3 nitrogen and oxygen atoms in total. The molecule has 0 aliphatic carbocycles. The first-order chi connectivity index (χ1) is 5.88. The number of nitrogens with zero attached hydrogens (tertiary/aromatic N) is 2. The molecule has 0 atom stereocenters. The van der Waals surface area contributed by atoms with E-state index in [0.29, 0.717) is 13.1 Å². The highest BCUT2D eigenvalue weighted by Gasteiger charge is 1.97. The first kappa shape index (κ1) is 8.82. The van der Waals surface area contributed by atoms with Crippen molar-refractivity contribution < 1.29 is 0 Å². The summed E-state index contributed by atoms with van der Waals surface area (Å²) in [5.74, 6) is 5.83. The molecule has 1 rings (SSSR count). The van der Waals surface area contributed by atoms with Crippen molar-refractivity contribution >= 4 is 0 Å². The highest BCUT2D eigenvalue weighted by Crippen LogP contribution is 1.98. The lowest BCUT2D eigenvalue weighted by atomic mass is 10.3. The minimum Gasteiger partial charge on any atom is -0.330 e. The zero-order valence-corrected chi connectivity index (χ0v) is 7.25. The summed E-state index contributed by atoms with van der Waals surface area (Å²) in [4.78, 5) is 4.03. The van der Waals surface area contributed by atoms with Crippen LogP contribution in [0.15, 0.2) is 12.5 Å². The molecule has 0 aromatic carbocycles. The number of hydrogen-bond donors (Lipinski definition) is 1. The van der Waals surface area contributed by atoms with Gasteiger partial charge in [0.2, 0.25) is 0 Å². The van der Waals surface area contributed by atoms with E-state index in [1.165, 1.54) is 0 Å². The van der Waals surface area contributed by atoms with Crippen molar-refractivity contribution in [3.63, 3.8) is 0 Å². The maximum Gasteiger partial charge on any atom is 0.0956 e. The lowest BCUT2D eigenvalue weighted by Gasteiger charge is -2.01. The second kappa shape index (κ2) is 4.58. The Morgan fingerprint density at radius 3 is 3.17 bits per heavy atom. The van der Waals surface area contributed by atoms with E-state index < -0.39 is 0 Å². The summed E-state index contributed by atoms with van der Waals surface area (Å²) in [6.07, 6.45) is 4.49. The quantitative estimate of drug-likeness (QED) is 0.656. The number of imidazole rings is 1. The topological polar surface area (TPSA) is 43.8 Å². The molecule has 2 N–H and O–H groups in total. The summed E-state index contributed by atoms with van der Waals surface area (Å²) < 4.78 is 2.02. The fraction of sp³-hybridized carbons (Fsp3) is 0.444. The Kier molecular flexibility index (Phi) is 3.36. The van der Waals surface area contributed by atoms with Crippen LogP contribution in [-0.2, 0) is 13.0 Å². The summed E-state index contributed by atoms with van der Waals surface area (Å²) in [7, 11) is 0. The van der Waals surface area contributed by atoms with E-state index in [-0.39, 0.29) is 0 Å². The van der Waals surface area contributed by atoms with Crippen LogP contribution in [0.3, 0.4) is 0 Å². The van der Waals surface area contributed by atoms with Crippen molar-refractivity contribution in [2.45, 2.75) is 19.9 Å². The van der Waals surface area contributed by atoms with Crippen molar-refractivity contribution in [1.82, 2.24) is 9.55 Å². The van der Waals surface area contributed by atoms with Gasteiger partial charge in [0.1, 0.15) is 0 Å². The van der Waals surface area contributed by atoms with E-state index >= 15 is 0 Å². The van der Waals surface area contributed by atoms with Crippen molar-refractivity contribution in [3.8, 4) is 11.8 Å². The average Bonchev–Trinajstić information content (AvgIpc) is 2.50. The Morgan fingerprint density at radius 1 is 1.67 bits per heavy atom. The Bertz CT molecular complexity index is 290. The molecule has 0 unspecified atom stereocenters. The molecule has 1 aromatic rings. The van der Waals surface area contributed by atoms with Gasteiger partial charge < -0.3 is 10.3 Å². The third kappa shape index (κ3) is 2.11. The molecule has 3 heteroatoms. The van der Waals surface area contributed by atoms with E-state index in [9.17, 15) is 0 Å². The van der Waals surface area contributed by atoms with Gasteiger partial charge in [-0.15, -0.1) is 5.92 Å². The molecule has 0 amide bonds. The molecule has 0 aliphatic heterocycles. The first-order valence-corrected chi connectivity index (χ1v) is 3.97. The predicted molar refractivity (Wildman–Crippen MR) is 48.4 cm³/mol. The number of nitrogens with two attached hydrogens (primary N) is 1. The van der Waals surface area contributed by atoms with Gasteiger partial charge >= 0.3 is 0 Å². The number of hydrogen-bond acceptors (Lipinski definition) is 2. The molecule has 0 aliphatic rings. The summed E-state index contributed by atoms with van der Waals surface area (Å²) >= 11 is 0. The van der Waals surface area contributed by atoms with Gasteiger partial charge in [0.05, 0.1) is 12.9 Å². The van der Waals surface area contributed by atoms with Crippen LogP contribution >= 0.6 is 0 Å². The molecule has 1 heterocycles. The Balaban J connectivity index is 2.67. The van der Waals surface area contributed by atoms with Crippen LogP contribution in [0.25, 0.3) is 0 Å². The maximum absolute atomic E-state index is 5.44. The third-order valence-corrected chi connectivity index (χ3v) is 1.63. The van der Waals surface area contributed by atoms with Gasteiger partial charge in [-0.05, 0) is 13.5 Å². The van der Waals surface area contributed by atoms with Crippen molar-refractivity contribution in [2.75, 3.05) is 6.54 Å². The molecule has 0 fully saturated rings. The zero-order valence-electron chi connectivity index (χ0n) is 7.25. The van der Waals surface area contributed by atoms with Crippen LogP contribution in [0.5, 0.6) is 0 Å². The minimum absolute atomic E-state index is 0.658. The summed E-state index contributed by atoms with van der Waals surface area (Å²) in [6.45, 7) is 3.20. The standard InChI is InChI=1S/C9H13N3/c1-2-3-6-12-8-11-7-9(12)4-5-10/h7-8H,4-6,10H2,1H3. The SMILES string of the molecule is CC#CCn1cncc1CCN. The molecule has 12 heavy (non-hydrogen) atoms. The van der Waals surface area contributed by atoms with Gasteiger partial charge in [-0.2, -0.15) is 0 Å². The molecule has 0 bridgehead atoms. The molecule has 0 saturated heterocycles. The van der Waals surface area contributed by atoms with Crippen LogP contribution in [0, 0.1) is 11.8 Å². The van der Waals surface area contributed by atoms with Gasteiger partial charge in [-0.3, -0.25) is 0 Å². The predicted octanol–water partition coefficient (Wildman–Crippen LogP) is 0.408. The monoisotopic (exact) mass is 163 g/mol. The van der Waals surface area contributed by atoms with E-state index in [0.717, 1.165) is 12.1 Å². The van der Waals surface area contributed by atoms with Crippen LogP contribution in [0.4, 0.5) is 0 Å². The molecule has 0 spiro atoms. The van der Waals surface area contributed by atoms with Crippen LogP contribution in [0.2, 0.25) is 0 Å². The van der Waals surface area contributed by atoms with Crippen LogP contribution < -0.4 is 5.73 Å². The average molecular weight is 163 g/mol. The summed E-state index contributed by atoms with van der Waals surface area (Å²) in [5.41, 5.74) is 6.59. The molecule has 1 aromatic heterocycles. The van der Waals surface area contributed by atoms with Crippen LogP contribution in [0.1, 0.15) is 12.6 Å². The number of aromatic nitrogens is 2. The van der Waals surface area contributed by atoms with E-state index in [1.54, 1.807) is 6.33 Å². The van der Waals surface area contributed by atoms with Crippen LogP contribution in [-0.4, -0.2) is 16.1 Å². The van der Waals surface area contributed by atoms with Gasteiger partial charge in [-0.1, -0.05) is 5.92 Å². The highest BCUT2D eigenvalue weighted by molar-refractivity contribution is 5.04. The van der Waals surface area contributed by atoms with Gasteiger partial charge in [0.25, 0.3) is 0 Å². The molecular formula is C9H13N3. The van der Waals surface area contributed by atoms with Gasteiger partial charge in [0, 0.05) is 18.3 Å². The smallest absolute Gasteiger partial charge is 0.0956 e. The van der Waals surface area contributed by atoms with E-state index in [2.05, 4.69) is 16.8 Å². The van der Waals surface area contributed by atoms with Gasteiger partial charge in [-0.25, -0.2) is 4.98 Å². The summed E-state index contributed by atoms with van der Waals surface area (Å²) in [6, 6.07) is 0. The number of rotatable bonds is 3. The third-order valence-electron chi connectivity index (χ3n) is 1.63. The molecular weight excluding hydrogens is 150 g/mol. The lowest BCUT2D eigenvalue weighted by Crippen LogP contribution is -2.07. The zero-order chi connectivity index (χ0) is 8.81. The Labute approximate surface area is 72.6 Å². The lowest BCUT2D eigenvalue weighted by molar-refractivity contribution is 0.760. The largest absolute Gasteiger partial charge is 0.330 e. The van der Waals surface area contributed by atoms with Crippen molar-refractivity contribution in [3.05, 3.63) is 18.2 Å². The van der Waals surface area contributed by atoms with E-state index in [4.69, 9.17) is 5.73 Å². The Hall–Kier alpha value is -1.27. The second-order valence-electron chi connectivity index (χ2n) is 2.48. The maximum atomic E-state index is 5.44. The first-order valence-electron chi connectivity index (χ1n) is 3.97. The fourth-order valence-corrected chi connectivity index (χ4v) is 1.01. The Morgan fingerprint density at radius 2 is 2.50 bits per heavy atom. The molecule has 0 saturated carbocycles. The summed E-state index contributed by atoms with van der Waals surface area (Å²) in [5, 5.41) is 0. The fourth-order valence-electron chi connectivity index (χ4n) is 1.01. The minimum atomic E-state index is 0.658. The second-order valence-corrected chi connectivity index (χ2v) is 2.48.